The van der Waals surface area contributed by atoms with Crippen LogP contribution in [0.4, 0.5) is 0 Å². The van der Waals surface area contributed by atoms with Crippen LogP contribution in [0.2, 0.25) is 0 Å². The summed E-state index contributed by atoms with van der Waals surface area (Å²) in [5.41, 5.74) is 11.4. The van der Waals surface area contributed by atoms with Crippen LogP contribution in [0.3, 0.4) is 0 Å². The standard InChI is InChI=1S/C30H48N6O7/c1-17(2)12-23(35-28(42)26(40)13-18-5-8-21(38)9-6-18)29(43)36-24-15-22(39)10-7-19(24)14-25(36)27(41)34-20(16-37)4-3-11-33-30(31)32/h5-6,8-9,17,19-20,22-26,37-40H,3-4,7,10-16H2,1-2H3,(H,34,41)(H,35,42)(H4,31,32,33)/t19-,20-,22+,23+,24-,25-,26+/m0/s1. The van der Waals surface area contributed by atoms with E-state index in [0.717, 1.165) is 0 Å². The first-order chi connectivity index (χ1) is 20.4. The van der Waals surface area contributed by atoms with Gasteiger partial charge in [-0.25, -0.2) is 0 Å². The third kappa shape index (κ3) is 9.80. The van der Waals surface area contributed by atoms with Gasteiger partial charge in [0.05, 0.1) is 18.8 Å². The zero-order chi connectivity index (χ0) is 31.7. The molecule has 3 amide bonds. The number of nitrogens with one attached hydrogen (secondary N) is 2. The lowest BCUT2D eigenvalue weighted by atomic mass is 9.83. The minimum absolute atomic E-state index is 0.00744. The fraction of sp³-hybridized carbons (Fsp3) is 0.667. The van der Waals surface area contributed by atoms with E-state index in [1.54, 1.807) is 12.1 Å². The van der Waals surface area contributed by atoms with E-state index in [2.05, 4.69) is 15.6 Å². The molecular weight excluding hydrogens is 556 g/mol. The van der Waals surface area contributed by atoms with Crippen LogP contribution < -0.4 is 22.1 Å². The summed E-state index contributed by atoms with van der Waals surface area (Å²) in [7, 11) is 0. The van der Waals surface area contributed by atoms with E-state index in [-0.39, 0.29) is 49.0 Å². The van der Waals surface area contributed by atoms with E-state index in [4.69, 9.17) is 11.5 Å². The third-order valence-corrected chi connectivity index (χ3v) is 8.27. The van der Waals surface area contributed by atoms with Gasteiger partial charge in [-0.2, -0.15) is 0 Å². The van der Waals surface area contributed by atoms with Crippen LogP contribution in [0, 0.1) is 11.8 Å². The van der Waals surface area contributed by atoms with Gasteiger partial charge in [0.1, 0.15) is 23.9 Å². The fourth-order valence-corrected chi connectivity index (χ4v) is 6.13. The number of aromatic hydroxyl groups is 1. The van der Waals surface area contributed by atoms with Crippen LogP contribution in [-0.2, 0) is 20.8 Å². The molecule has 2 fully saturated rings. The van der Waals surface area contributed by atoms with Crippen molar-refractivity contribution in [2.24, 2.45) is 28.3 Å². The number of phenols is 1. The number of hydrogen-bond donors (Lipinski definition) is 8. The van der Waals surface area contributed by atoms with E-state index in [1.807, 2.05) is 13.8 Å². The fourth-order valence-electron chi connectivity index (χ4n) is 6.13. The number of guanidine groups is 1. The number of nitrogens with two attached hydrogens (primary N) is 2. The molecule has 0 spiro atoms. The molecule has 1 aliphatic heterocycles. The van der Waals surface area contributed by atoms with Crippen molar-refractivity contribution in [3.05, 3.63) is 29.8 Å². The van der Waals surface area contributed by atoms with Gasteiger partial charge in [-0.3, -0.25) is 19.4 Å². The van der Waals surface area contributed by atoms with Crippen molar-refractivity contribution in [2.45, 2.75) is 102 Å². The second kappa shape index (κ2) is 15.9. The SMILES string of the molecule is CC(C)C[C@@H](NC(=O)[C@H](O)Cc1ccc(O)cc1)C(=O)N1[C@H](C(=O)N[C@H](CO)CCCN=C(N)N)C[C@@H]2CC[C@@H](O)C[C@@H]21. The van der Waals surface area contributed by atoms with Crippen LogP contribution >= 0.6 is 0 Å². The molecule has 3 rings (SSSR count). The number of rotatable bonds is 14. The lowest BCUT2D eigenvalue weighted by Crippen LogP contribution is -2.58. The number of benzene rings is 1. The average Bonchev–Trinajstić information content (AvgIpc) is 3.33. The van der Waals surface area contributed by atoms with E-state index in [1.165, 1.54) is 17.0 Å². The number of phenolic OH excluding ortho intramolecular Hbond substituents is 1. The van der Waals surface area contributed by atoms with Gasteiger partial charge in [0.2, 0.25) is 17.7 Å². The number of amides is 3. The van der Waals surface area contributed by atoms with Crippen molar-refractivity contribution in [3.63, 3.8) is 0 Å². The summed E-state index contributed by atoms with van der Waals surface area (Å²) in [4.78, 5) is 46.3. The highest BCUT2D eigenvalue weighted by molar-refractivity contribution is 5.93. The molecule has 7 atom stereocenters. The second-order valence-corrected chi connectivity index (χ2v) is 12.2. The van der Waals surface area contributed by atoms with Gasteiger partial charge in [-0.1, -0.05) is 26.0 Å². The Morgan fingerprint density at radius 1 is 1.09 bits per heavy atom. The Morgan fingerprint density at radius 3 is 2.42 bits per heavy atom. The molecule has 0 radical (unpaired) electrons. The number of fused-ring (bicyclic) bond motifs is 1. The molecule has 1 saturated carbocycles. The zero-order valence-electron chi connectivity index (χ0n) is 25.1. The van der Waals surface area contributed by atoms with Crippen LogP contribution in [0.5, 0.6) is 5.75 Å². The smallest absolute Gasteiger partial charge is 0.249 e. The molecule has 43 heavy (non-hydrogen) atoms. The minimum atomic E-state index is -1.43. The number of nitrogens with zero attached hydrogens (tertiary/aromatic N) is 2. The maximum Gasteiger partial charge on any atom is 0.249 e. The minimum Gasteiger partial charge on any atom is -0.508 e. The molecule has 1 aromatic rings. The zero-order valence-corrected chi connectivity index (χ0v) is 25.1. The maximum atomic E-state index is 14.2. The van der Waals surface area contributed by atoms with Gasteiger partial charge in [0, 0.05) is 19.0 Å². The van der Waals surface area contributed by atoms with Crippen molar-refractivity contribution in [1.29, 1.82) is 0 Å². The van der Waals surface area contributed by atoms with Crippen LogP contribution in [0.1, 0.15) is 64.4 Å². The molecule has 240 valence electrons. The predicted molar refractivity (Wildman–Crippen MR) is 161 cm³/mol. The molecule has 2 aliphatic rings. The Kier molecular flexibility index (Phi) is 12.6. The van der Waals surface area contributed by atoms with Gasteiger partial charge >= 0.3 is 0 Å². The predicted octanol–water partition coefficient (Wildman–Crippen LogP) is -0.512. The lowest BCUT2D eigenvalue weighted by molar-refractivity contribution is -0.146. The molecule has 1 heterocycles. The van der Waals surface area contributed by atoms with E-state index < -0.39 is 48.1 Å². The number of hydrogen-bond acceptors (Lipinski definition) is 8. The molecule has 10 N–H and O–H groups in total. The first kappa shape index (κ1) is 34.1. The number of aliphatic imine (C=N–C) groups is 1. The van der Waals surface area contributed by atoms with Crippen molar-refractivity contribution in [2.75, 3.05) is 13.2 Å². The van der Waals surface area contributed by atoms with Crippen molar-refractivity contribution >= 4 is 23.7 Å². The Labute approximate surface area is 252 Å². The molecule has 0 unspecified atom stereocenters. The normalized spacial score (nSPS) is 23.6. The molecule has 0 aromatic heterocycles. The summed E-state index contributed by atoms with van der Waals surface area (Å²) in [6.45, 7) is 3.87. The van der Waals surface area contributed by atoms with E-state index in [0.29, 0.717) is 50.6 Å². The van der Waals surface area contributed by atoms with E-state index >= 15 is 0 Å². The van der Waals surface area contributed by atoms with Crippen molar-refractivity contribution in [3.8, 4) is 5.75 Å². The molecule has 1 aromatic carbocycles. The first-order valence-corrected chi connectivity index (χ1v) is 15.1. The Bertz CT molecular complexity index is 1110. The molecule has 13 nitrogen and oxygen atoms in total. The van der Waals surface area contributed by atoms with E-state index in [9.17, 15) is 34.8 Å². The molecule has 1 aliphatic carbocycles. The maximum absolute atomic E-state index is 14.2. The molecular formula is C30H48N6O7. The highest BCUT2D eigenvalue weighted by atomic mass is 16.3. The second-order valence-electron chi connectivity index (χ2n) is 12.2. The highest BCUT2D eigenvalue weighted by Gasteiger charge is 2.50. The summed E-state index contributed by atoms with van der Waals surface area (Å²) in [6, 6.07) is 3.35. The van der Waals surface area contributed by atoms with Gasteiger partial charge in [0.25, 0.3) is 0 Å². The average molecular weight is 605 g/mol. The van der Waals surface area contributed by atoms with Crippen molar-refractivity contribution in [1.82, 2.24) is 15.5 Å². The summed E-state index contributed by atoms with van der Waals surface area (Å²) in [5.74, 6) is -1.51. The van der Waals surface area contributed by atoms with Crippen LogP contribution in [-0.4, -0.2) is 98.5 Å². The summed E-state index contributed by atoms with van der Waals surface area (Å²) < 4.78 is 0. The molecule has 0 bridgehead atoms. The number of carbonyl (C=O) groups excluding carboxylic acids is 3. The number of carbonyl (C=O) groups is 3. The summed E-state index contributed by atoms with van der Waals surface area (Å²) in [5, 5.41) is 46.1. The van der Waals surface area contributed by atoms with Crippen LogP contribution in [0.15, 0.2) is 29.3 Å². The van der Waals surface area contributed by atoms with Gasteiger partial charge in [0.15, 0.2) is 5.96 Å². The van der Waals surface area contributed by atoms with Crippen LogP contribution in [0.25, 0.3) is 0 Å². The van der Waals surface area contributed by atoms with Gasteiger partial charge < -0.3 is 47.4 Å². The summed E-state index contributed by atoms with van der Waals surface area (Å²) in [6.07, 6.45) is 1.17. The van der Waals surface area contributed by atoms with Crippen molar-refractivity contribution < 1.29 is 34.8 Å². The summed E-state index contributed by atoms with van der Waals surface area (Å²) >= 11 is 0. The highest BCUT2D eigenvalue weighted by Crippen LogP contribution is 2.40. The lowest BCUT2D eigenvalue weighted by Gasteiger charge is -2.38. The monoisotopic (exact) mass is 604 g/mol. The largest absolute Gasteiger partial charge is 0.508 e. The molecule has 13 heteroatoms. The molecule has 1 saturated heterocycles. The third-order valence-electron chi connectivity index (χ3n) is 8.27. The number of aliphatic hydroxyl groups is 3. The van der Waals surface area contributed by atoms with Gasteiger partial charge in [-0.15, -0.1) is 0 Å². The Balaban J connectivity index is 1.77. The Hall–Kier alpha value is -3.42. The number of aliphatic hydroxyl groups excluding tert-OH is 3. The van der Waals surface area contributed by atoms with Gasteiger partial charge in [-0.05, 0) is 74.5 Å². The quantitative estimate of drug-likeness (QED) is 0.0776. The Morgan fingerprint density at radius 2 is 1.79 bits per heavy atom. The topological polar surface area (TPSA) is 224 Å². The first-order valence-electron chi connectivity index (χ1n) is 15.1. The number of likely N-dealkylation sites (tertiary alicyclic amines) is 1.